The fourth-order valence-electron chi connectivity index (χ4n) is 1.23. The Hall–Kier alpha value is -0.0800. The van der Waals surface area contributed by atoms with Crippen LogP contribution >= 0.6 is 0 Å². The van der Waals surface area contributed by atoms with E-state index in [4.69, 9.17) is 5.11 Å². The van der Waals surface area contributed by atoms with Crippen molar-refractivity contribution in [1.82, 2.24) is 5.32 Å². The Morgan fingerprint density at radius 3 is 2.33 bits per heavy atom. The van der Waals surface area contributed by atoms with Gasteiger partial charge in [-0.1, -0.05) is 0 Å². The summed E-state index contributed by atoms with van der Waals surface area (Å²) in [4.78, 5) is 0. The fourth-order valence-corrected chi connectivity index (χ4v) is 1.23. The van der Waals surface area contributed by atoms with Crippen LogP contribution in [0.25, 0.3) is 0 Å². The van der Waals surface area contributed by atoms with Crippen molar-refractivity contribution in [3.63, 3.8) is 0 Å². The van der Waals surface area contributed by atoms with Gasteiger partial charge in [0.25, 0.3) is 0 Å². The second-order valence-electron chi connectivity index (χ2n) is 2.65. The van der Waals surface area contributed by atoms with E-state index in [9.17, 15) is 0 Å². The van der Waals surface area contributed by atoms with Gasteiger partial charge in [-0.05, 0) is 38.8 Å². The van der Waals surface area contributed by atoms with Crippen LogP contribution in [0.15, 0.2) is 0 Å². The molecule has 0 spiro atoms. The van der Waals surface area contributed by atoms with Crippen LogP contribution in [-0.4, -0.2) is 24.3 Å². The van der Waals surface area contributed by atoms with Crippen molar-refractivity contribution in [1.29, 1.82) is 0 Å². The first-order valence-corrected chi connectivity index (χ1v) is 3.52. The molecule has 53 valence electrons. The first-order valence-electron chi connectivity index (χ1n) is 3.52. The third-order valence-corrected chi connectivity index (χ3v) is 1.93. The third-order valence-electron chi connectivity index (χ3n) is 1.93. The Bertz CT molecular complexity index is 77.0. The van der Waals surface area contributed by atoms with E-state index in [0.29, 0.717) is 5.92 Å². The maximum Gasteiger partial charge on any atom is 0.0570 e. The average molecular weight is 128 g/mol. The van der Waals surface area contributed by atoms with Crippen molar-refractivity contribution in [2.45, 2.75) is 18.9 Å². The summed E-state index contributed by atoms with van der Waals surface area (Å²) in [7, 11) is 0. The lowest BCUT2D eigenvalue weighted by molar-refractivity contribution is 0.127. The number of aliphatic hydroxyl groups is 1. The zero-order valence-electron chi connectivity index (χ0n) is 5.64. The van der Waals surface area contributed by atoms with Crippen LogP contribution in [0.1, 0.15) is 12.8 Å². The molecule has 2 heteroatoms. The van der Waals surface area contributed by atoms with Crippen LogP contribution in [0.2, 0.25) is 0 Å². The van der Waals surface area contributed by atoms with Gasteiger partial charge >= 0.3 is 0 Å². The molecule has 1 atom stereocenters. The monoisotopic (exact) mass is 128 g/mol. The van der Waals surface area contributed by atoms with Gasteiger partial charge in [0.15, 0.2) is 0 Å². The summed E-state index contributed by atoms with van der Waals surface area (Å²) in [6.45, 7) is 5.67. The summed E-state index contributed by atoms with van der Waals surface area (Å²) in [6, 6.07) is 0. The van der Waals surface area contributed by atoms with Gasteiger partial charge < -0.3 is 10.4 Å². The van der Waals surface area contributed by atoms with Crippen LogP contribution in [-0.2, 0) is 0 Å². The SMILES string of the molecule is [CH2]C(O)C1CCNCC1. The summed E-state index contributed by atoms with van der Waals surface area (Å²) >= 11 is 0. The largest absolute Gasteiger partial charge is 0.393 e. The molecule has 1 aliphatic rings. The van der Waals surface area contributed by atoms with Crippen molar-refractivity contribution in [3.05, 3.63) is 6.92 Å². The van der Waals surface area contributed by atoms with Gasteiger partial charge in [0.2, 0.25) is 0 Å². The van der Waals surface area contributed by atoms with Gasteiger partial charge in [0, 0.05) is 0 Å². The van der Waals surface area contributed by atoms with Crippen molar-refractivity contribution in [2.75, 3.05) is 13.1 Å². The zero-order chi connectivity index (χ0) is 6.69. The molecule has 1 radical (unpaired) electrons. The molecule has 1 unspecified atom stereocenters. The highest BCUT2D eigenvalue weighted by atomic mass is 16.3. The van der Waals surface area contributed by atoms with Crippen LogP contribution in [0.3, 0.4) is 0 Å². The maximum absolute atomic E-state index is 9.04. The highest BCUT2D eigenvalue weighted by molar-refractivity contribution is 4.75. The Labute approximate surface area is 56.3 Å². The maximum atomic E-state index is 9.04. The van der Waals surface area contributed by atoms with Crippen LogP contribution < -0.4 is 5.32 Å². The molecule has 1 heterocycles. The first kappa shape index (κ1) is 7.03. The second-order valence-corrected chi connectivity index (χ2v) is 2.65. The molecule has 0 aromatic heterocycles. The summed E-state index contributed by atoms with van der Waals surface area (Å²) in [5, 5.41) is 12.3. The van der Waals surface area contributed by atoms with Crippen molar-refractivity contribution >= 4 is 0 Å². The van der Waals surface area contributed by atoms with Gasteiger partial charge in [-0.2, -0.15) is 0 Å². The van der Waals surface area contributed by atoms with E-state index in [1.54, 1.807) is 0 Å². The predicted molar refractivity (Wildman–Crippen MR) is 37.0 cm³/mol. The normalized spacial score (nSPS) is 26.0. The smallest absolute Gasteiger partial charge is 0.0570 e. The summed E-state index contributed by atoms with van der Waals surface area (Å²) in [5.74, 6) is 0.436. The molecule has 0 bridgehead atoms. The minimum absolute atomic E-state index is 0.355. The van der Waals surface area contributed by atoms with Crippen molar-refractivity contribution in [3.8, 4) is 0 Å². The lowest BCUT2D eigenvalue weighted by Crippen LogP contribution is -2.32. The lowest BCUT2D eigenvalue weighted by atomic mass is 9.93. The molecule has 2 nitrogen and oxygen atoms in total. The number of piperidine rings is 1. The molecule has 9 heavy (non-hydrogen) atoms. The molecule has 2 N–H and O–H groups in total. The minimum Gasteiger partial charge on any atom is -0.393 e. The van der Waals surface area contributed by atoms with Gasteiger partial charge in [-0.3, -0.25) is 0 Å². The van der Waals surface area contributed by atoms with E-state index < -0.39 is 0 Å². The number of hydrogen-bond acceptors (Lipinski definition) is 2. The average Bonchev–Trinajstić information content (AvgIpc) is 1.90. The standard InChI is InChI=1S/C7H14NO/c1-6(9)7-2-4-8-5-3-7/h6-9H,1-5H2. The van der Waals surface area contributed by atoms with Crippen LogP contribution in [0.4, 0.5) is 0 Å². The molecule has 0 aromatic rings. The third kappa shape index (κ3) is 1.95. The van der Waals surface area contributed by atoms with E-state index in [0.717, 1.165) is 25.9 Å². The van der Waals surface area contributed by atoms with Gasteiger partial charge in [0.05, 0.1) is 6.10 Å². The highest BCUT2D eigenvalue weighted by Gasteiger charge is 2.16. The number of rotatable bonds is 1. The Balaban J connectivity index is 2.23. The second kappa shape index (κ2) is 3.18. The minimum atomic E-state index is -0.355. The Morgan fingerprint density at radius 1 is 1.44 bits per heavy atom. The highest BCUT2D eigenvalue weighted by Crippen LogP contribution is 2.14. The lowest BCUT2D eigenvalue weighted by Gasteiger charge is -2.24. The molecule has 0 saturated carbocycles. The van der Waals surface area contributed by atoms with E-state index in [1.165, 1.54) is 0 Å². The van der Waals surface area contributed by atoms with Gasteiger partial charge in [0.1, 0.15) is 0 Å². The molecule has 1 saturated heterocycles. The predicted octanol–water partition coefficient (Wildman–Crippen LogP) is 0.181. The number of hydrogen-bond donors (Lipinski definition) is 2. The molecule has 0 aromatic carbocycles. The molecule has 0 amide bonds. The fraction of sp³-hybridized carbons (Fsp3) is 0.857. The number of nitrogens with one attached hydrogen (secondary N) is 1. The molecular formula is C7H14NO. The molecular weight excluding hydrogens is 114 g/mol. The van der Waals surface area contributed by atoms with Gasteiger partial charge in [-0.15, -0.1) is 0 Å². The van der Waals surface area contributed by atoms with Crippen molar-refractivity contribution < 1.29 is 5.11 Å². The van der Waals surface area contributed by atoms with E-state index in [1.807, 2.05) is 0 Å². The Morgan fingerprint density at radius 2 is 2.00 bits per heavy atom. The quantitative estimate of drug-likeness (QED) is 0.528. The molecule has 1 rings (SSSR count). The molecule has 1 aliphatic heterocycles. The first-order chi connectivity index (χ1) is 4.30. The van der Waals surface area contributed by atoms with Gasteiger partial charge in [-0.25, -0.2) is 0 Å². The van der Waals surface area contributed by atoms with E-state index in [-0.39, 0.29) is 6.10 Å². The van der Waals surface area contributed by atoms with E-state index >= 15 is 0 Å². The van der Waals surface area contributed by atoms with Crippen LogP contribution in [0, 0.1) is 12.8 Å². The van der Waals surface area contributed by atoms with E-state index in [2.05, 4.69) is 12.2 Å². The van der Waals surface area contributed by atoms with Crippen LogP contribution in [0.5, 0.6) is 0 Å². The molecule has 0 aliphatic carbocycles. The molecule has 1 fully saturated rings. The summed E-state index contributed by atoms with van der Waals surface area (Å²) < 4.78 is 0. The topological polar surface area (TPSA) is 32.3 Å². The number of aliphatic hydroxyl groups excluding tert-OH is 1. The summed E-state index contributed by atoms with van der Waals surface area (Å²) in [6.07, 6.45) is 1.79. The zero-order valence-corrected chi connectivity index (χ0v) is 5.64. The summed E-state index contributed by atoms with van der Waals surface area (Å²) in [5.41, 5.74) is 0. The Kier molecular flexibility index (Phi) is 2.49. The van der Waals surface area contributed by atoms with Crippen molar-refractivity contribution in [2.24, 2.45) is 5.92 Å².